The van der Waals surface area contributed by atoms with Crippen LogP contribution < -0.4 is 5.32 Å². The fourth-order valence-electron chi connectivity index (χ4n) is 1.60. The number of amides is 1. The van der Waals surface area contributed by atoms with Crippen LogP contribution in [0.5, 0.6) is 0 Å². The molecule has 1 heterocycles. The lowest BCUT2D eigenvalue weighted by Crippen LogP contribution is -2.11. The van der Waals surface area contributed by atoms with Gasteiger partial charge in [-0.3, -0.25) is 10.1 Å². The molecule has 0 saturated carbocycles. The van der Waals surface area contributed by atoms with Gasteiger partial charge in [-0.15, -0.1) is 10.2 Å². The molecule has 0 fully saturated rings. The molecule has 0 bridgehead atoms. The lowest BCUT2D eigenvalue weighted by molar-refractivity contribution is 0.102. The number of aromatic nitrogens is 2. The lowest BCUT2D eigenvalue weighted by Gasteiger charge is -2.02. The number of nitrogens with zero attached hydrogens (tertiary/aromatic N) is 3. The van der Waals surface area contributed by atoms with Crippen LogP contribution in [0.3, 0.4) is 0 Å². The number of nitriles is 1. The van der Waals surface area contributed by atoms with E-state index >= 15 is 0 Å². The molecule has 1 N–H and O–H groups in total. The van der Waals surface area contributed by atoms with E-state index in [4.69, 9.17) is 5.26 Å². The molecule has 0 saturated heterocycles. The standard InChI is InChI=1S/C14H14N4OS/c1-9(2)13-17-18-14(20-13)16-12(19)11-5-3-4-10(8-11)6-7-15/h3-5,8-9H,6H2,1-2H3,(H,16,18,19). The van der Waals surface area contributed by atoms with Gasteiger partial charge >= 0.3 is 0 Å². The van der Waals surface area contributed by atoms with Gasteiger partial charge in [-0.1, -0.05) is 37.3 Å². The van der Waals surface area contributed by atoms with Crippen molar-refractivity contribution < 1.29 is 4.79 Å². The Balaban J connectivity index is 2.11. The number of carbonyl (C=O) groups excluding carboxylic acids is 1. The maximum absolute atomic E-state index is 12.1. The highest BCUT2D eigenvalue weighted by Crippen LogP contribution is 2.22. The van der Waals surface area contributed by atoms with E-state index in [9.17, 15) is 4.79 Å². The van der Waals surface area contributed by atoms with E-state index in [1.807, 2.05) is 19.9 Å². The van der Waals surface area contributed by atoms with E-state index in [0.29, 0.717) is 10.7 Å². The molecule has 20 heavy (non-hydrogen) atoms. The van der Waals surface area contributed by atoms with Crippen molar-refractivity contribution in [3.63, 3.8) is 0 Å². The van der Waals surface area contributed by atoms with Crippen LogP contribution in [0.4, 0.5) is 5.13 Å². The highest BCUT2D eigenvalue weighted by atomic mass is 32.1. The monoisotopic (exact) mass is 286 g/mol. The number of anilines is 1. The zero-order valence-corrected chi connectivity index (χ0v) is 12.1. The van der Waals surface area contributed by atoms with Crippen LogP contribution in [-0.4, -0.2) is 16.1 Å². The number of nitrogens with one attached hydrogen (secondary N) is 1. The van der Waals surface area contributed by atoms with E-state index in [2.05, 4.69) is 21.6 Å². The summed E-state index contributed by atoms with van der Waals surface area (Å²) in [6.45, 7) is 4.05. The second-order valence-electron chi connectivity index (χ2n) is 4.59. The van der Waals surface area contributed by atoms with E-state index in [-0.39, 0.29) is 18.2 Å². The van der Waals surface area contributed by atoms with Gasteiger partial charge in [-0.2, -0.15) is 5.26 Å². The van der Waals surface area contributed by atoms with Crippen LogP contribution in [-0.2, 0) is 6.42 Å². The van der Waals surface area contributed by atoms with Crippen LogP contribution in [0.15, 0.2) is 24.3 Å². The van der Waals surface area contributed by atoms with Crippen LogP contribution in [0.2, 0.25) is 0 Å². The quantitative estimate of drug-likeness (QED) is 0.937. The molecule has 0 atom stereocenters. The summed E-state index contributed by atoms with van der Waals surface area (Å²) in [6, 6.07) is 9.07. The first-order valence-electron chi connectivity index (χ1n) is 6.21. The maximum Gasteiger partial charge on any atom is 0.257 e. The lowest BCUT2D eigenvalue weighted by atomic mass is 10.1. The molecule has 2 aromatic rings. The number of carbonyl (C=O) groups is 1. The van der Waals surface area contributed by atoms with Gasteiger partial charge in [-0.05, 0) is 17.7 Å². The van der Waals surface area contributed by atoms with Crippen molar-refractivity contribution in [3.05, 3.63) is 40.4 Å². The molecule has 5 nitrogen and oxygen atoms in total. The van der Waals surface area contributed by atoms with Crippen LogP contribution >= 0.6 is 11.3 Å². The SMILES string of the molecule is CC(C)c1nnc(NC(=O)c2cccc(CC#N)c2)s1. The Morgan fingerprint density at radius 1 is 1.45 bits per heavy atom. The normalized spacial score (nSPS) is 10.3. The number of hydrogen-bond donors (Lipinski definition) is 1. The molecule has 102 valence electrons. The number of hydrogen-bond acceptors (Lipinski definition) is 5. The van der Waals surface area contributed by atoms with Gasteiger partial charge in [0, 0.05) is 11.5 Å². The van der Waals surface area contributed by atoms with E-state index < -0.39 is 0 Å². The van der Waals surface area contributed by atoms with E-state index in [0.717, 1.165) is 10.6 Å². The Bertz CT molecular complexity index is 657. The van der Waals surface area contributed by atoms with Crippen molar-refractivity contribution in [2.75, 3.05) is 5.32 Å². The smallest absolute Gasteiger partial charge is 0.257 e. The Morgan fingerprint density at radius 3 is 2.90 bits per heavy atom. The molecule has 0 aliphatic heterocycles. The van der Waals surface area contributed by atoms with Gasteiger partial charge < -0.3 is 0 Å². The number of rotatable bonds is 4. The minimum Gasteiger partial charge on any atom is -0.296 e. The molecule has 0 unspecified atom stereocenters. The van der Waals surface area contributed by atoms with Crippen molar-refractivity contribution in [1.29, 1.82) is 5.26 Å². The van der Waals surface area contributed by atoms with E-state index in [1.54, 1.807) is 18.2 Å². The maximum atomic E-state index is 12.1. The van der Waals surface area contributed by atoms with Gasteiger partial charge in [-0.25, -0.2) is 0 Å². The second kappa shape index (κ2) is 6.26. The molecule has 6 heteroatoms. The second-order valence-corrected chi connectivity index (χ2v) is 5.60. The average molecular weight is 286 g/mol. The highest BCUT2D eigenvalue weighted by molar-refractivity contribution is 7.15. The van der Waals surface area contributed by atoms with Crippen molar-refractivity contribution in [1.82, 2.24) is 10.2 Å². The largest absolute Gasteiger partial charge is 0.296 e. The zero-order chi connectivity index (χ0) is 14.5. The predicted octanol–water partition coefficient (Wildman–Crippen LogP) is 2.98. The minimum atomic E-state index is -0.240. The summed E-state index contributed by atoms with van der Waals surface area (Å²) in [4.78, 5) is 12.1. The molecule has 0 radical (unpaired) electrons. The molecule has 2 rings (SSSR count). The summed E-state index contributed by atoms with van der Waals surface area (Å²) >= 11 is 1.37. The minimum absolute atomic E-state index is 0.240. The molecule has 1 aromatic heterocycles. The van der Waals surface area contributed by atoms with Crippen molar-refractivity contribution in [2.45, 2.75) is 26.2 Å². The first-order chi connectivity index (χ1) is 9.60. The highest BCUT2D eigenvalue weighted by Gasteiger charge is 2.12. The fourth-order valence-corrected chi connectivity index (χ4v) is 2.34. The van der Waals surface area contributed by atoms with Crippen molar-refractivity contribution >= 4 is 22.4 Å². The molecule has 1 aromatic carbocycles. The Hall–Kier alpha value is -2.26. The molecule has 0 aliphatic carbocycles. The van der Waals surface area contributed by atoms with Crippen molar-refractivity contribution in [3.8, 4) is 6.07 Å². The third-order valence-corrected chi connectivity index (χ3v) is 3.77. The Kier molecular flexibility index (Phi) is 4.43. The third kappa shape index (κ3) is 3.39. The summed E-state index contributed by atoms with van der Waals surface area (Å²) in [6.07, 6.45) is 0.289. The third-order valence-electron chi connectivity index (χ3n) is 2.63. The molecule has 0 aliphatic rings. The predicted molar refractivity (Wildman–Crippen MR) is 77.7 cm³/mol. The summed E-state index contributed by atoms with van der Waals surface area (Å²) in [5, 5.41) is 20.7. The van der Waals surface area contributed by atoms with E-state index in [1.165, 1.54) is 11.3 Å². The summed E-state index contributed by atoms with van der Waals surface area (Å²) < 4.78 is 0. The molecular formula is C14H14N4OS. The Labute approximate surface area is 121 Å². The fraction of sp³-hybridized carbons (Fsp3) is 0.286. The van der Waals surface area contributed by atoms with Gasteiger partial charge in [0.1, 0.15) is 5.01 Å². The average Bonchev–Trinajstić information content (AvgIpc) is 2.88. The van der Waals surface area contributed by atoms with Crippen LogP contribution in [0, 0.1) is 11.3 Å². The van der Waals surface area contributed by atoms with Crippen LogP contribution in [0.25, 0.3) is 0 Å². The summed E-state index contributed by atoms with van der Waals surface area (Å²) in [7, 11) is 0. The van der Waals surface area contributed by atoms with Gasteiger partial charge in [0.2, 0.25) is 5.13 Å². The summed E-state index contributed by atoms with van der Waals surface area (Å²) in [5.74, 6) is 0.0494. The Morgan fingerprint density at radius 2 is 2.25 bits per heavy atom. The number of benzene rings is 1. The first-order valence-corrected chi connectivity index (χ1v) is 7.02. The van der Waals surface area contributed by atoms with Crippen molar-refractivity contribution in [2.24, 2.45) is 0 Å². The molecule has 0 spiro atoms. The summed E-state index contributed by atoms with van der Waals surface area (Å²) in [5.41, 5.74) is 1.33. The van der Waals surface area contributed by atoms with Gasteiger partial charge in [0.25, 0.3) is 5.91 Å². The zero-order valence-electron chi connectivity index (χ0n) is 11.3. The molecular weight excluding hydrogens is 272 g/mol. The molecule has 1 amide bonds. The first kappa shape index (κ1) is 14.2. The topological polar surface area (TPSA) is 78.7 Å². The van der Waals surface area contributed by atoms with Gasteiger partial charge in [0.05, 0.1) is 12.5 Å². The van der Waals surface area contributed by atoms with Crippen LogP contribution in [0.1, 0.15) is 40.7 Å². The van der Waals surface area contributed by atoms with Gasteiger partial charge in [0.15, 0.2) is 0 Å².